The molecule has 0 bridgehead atoms. The van der Waals surface area contributed by atoms with Gasteiger partial charge in [-0.1, -0.05) is 6.07 Å². The second-order valence-corrected chi connectivity index (χ2v) is 7.25. The van der Waals surface area contributed by atoms with Crippen LogP contribution in [0.3, 0.4) is 0 Å². The number of thiophene rings is 1. The Morgan fingerprint density at radius 2 is 2.26 bits per heavy atom. The molecule has 0 aliphatic carbocycles. The number of aromatic nitrogens is 1. The van der Waals surface area contributed by atoms with Crippen molar-refractivity contribution >= 4 is 29.2 Å². The van der Waals surface area contributed by atoms with Crippen LogP contribution in [0.5, 0.6) is 0 Å². The van der Waals surface area contributed by atoms with E-state index in [0.29, 0.717) is 12.8 Å². The van der Waals surface area contributed by atoms with Crippen LogP contribution in [0.25, 0.3) is 0 Å². The summed E-state index contributed by atoms with van der Waals surface area (Å²) in [5.41, 5.74) is 3.03. The first-order chi connectivity index (χ1) is 13.0. The van der Waals surface area contributed by atoms with E-state index in [0.717, 1.165) is 21.7 Å². The molecule has 0 unspecified atom stereocenters. The lowest BCUT2D eigenvalue weighted by Crippen LogP contribution is -2.34. The van der Waals surface area contributed by atoms with Crippen LogP contribution in [0.1, 0.15) is 35.7 Å². The van der Waals surface area contributed by atoms with E-state index < -0.39 is 0 Å². The van der Waals surface area contributed by atoms with Crippen LogP contribution in [0.4, 0.5) is 4.79 Å². The van der Waals surface area contributed by atoms with E-state index in [-0.39, 0.29) is 43.4 Å². The summed E-state index contributed by atoms with van der Waals surface area (Å²) in [5, 5.41) is 9.61. The third kappa shape index (κ3) is 4.91. The number of aryl methyl sites for hydroxylation is 1. The highest BCUT2D eigenvalue weighted by molar-refractivity contribution is 7.07. The molecule has 8 heteroatoms. The summed E-state index contributed by atoms with van der Waals surface area (Å²) in [6.45, 7) is 2.26. The zero-order chi connectivity index (χ0) is 19.2. The Morgan fingerprint density at radius 1 is 1.41 bits per heavy atom. The van der Waals surface area contributed by atoms with Gasteiger partial charge in [0.05, 0.1) is 18.3 Å². The molecule has 1 aliphatic heterocycles. The number of amides is 4. The molecule has 142 valence electrons. The number of carbonyl (C=O) groups is 3. The van der Waals surface area contributed by atoms with Gasteiger partial charge in [0.2, 0.25) is 11.8 Å². The monoisotopic (exact) mass is 386 g/mol. The van der Waals surface area contributed by atoms with Crippen molar-refractivity contribution in [1.82, 2.24) is 20.5 Å². The predicted octanol–water partition coefficient (Wildman–Crippen LogP) is 2.18. The fourth-order valence-corrected chi connectivity index (χ4v) is 3.75. The molecule has 0 spiro atoms. The van der Waals surface area contributed by atoms with Crippen molar-refractivity contribution in [2.45, 2.75) is 32.2 Å². The molecule has 1 fully saturated rings. The van der Waals surface area contributed by atoms with Gasteiger partial charge in [0.15, 0.2) is 0 Å². The Labute approximate surface area is 161 Å². The molecular formula is C19H22N4O3S. The second kappa shape index (κ2) is 8.77. The normalized spacial score (nSPS) is 14.9. The van der Waals surface area contributed by atoms with E-state index in [2.05, 4.69) is 21.0 Å². The quantitative estimate of drug-likeness (QED) is 0.681. The summed E-state index contributed by atoms with van der Waals surface area (Å²) in [6, 6.07) is 5.29. The highest BCUT2D eigenvalue weighted by Crippen LogP contribution is 2.21. The number of carbonyl (C=O) groups excluding carboxylic acids is 3. The standard InChI is InChI=1S/C19H22N4O3S/c1-13-4-2-7-20-18(13)15(10-14-6-9-27-12-14)22-16(24)5-3-8-23-17(25)11-21-19(23)26/h2,4,6-7,9,12,15H,3,5,8,10-11H2,1H3,(H,21,26)(H,22,24)/t15-/m1/s1. The molecular weight excluding hydrogens is 364 g/mol. The van der Waals surface area contributed by atoms with Crippen LogP contribution in [0.15, 0.2) is 35.2 Å². The van der Waals surface area contributed by atoms with Gasteiger partial charge in [0.1, 0.15) is 0 Å². The molecule has 0 aromatic carbocycles. The number of nitrogens with one attached hydrogen (secondary N) is 2. The summed E-state index contributed by atoms with van der Waals surface area (Å²) < 4.78 is 0. The largest absolute Gasteiger partial charge is 0.347 e. The summed E-state index contributed by atoms with van der Waals surface area (Å²) in [6.07, 6.45) is 3.06. The van der Waals surface area contributed by atoms with E-state index in [1.54, 1.807) is 17.5 Å². The molecule has 1 atom stereocenters. The lowest BCUT2D eigenvalue weighted by molar-refractivity contribution is -0.126. The van der Waals surface area contributed by atoms with Crippen molar-refractivity contribution in [2.75, 3.05) is 13.1 Å². The maximum Gasteiger partial charge on any atom is 0.324 e. The molecule has 2 N–H and O–H groups in total. The topological polar surface area (TPSA) is 91.4 Å². The third-order valence-electron chi connectivity index (χ3n) is 4.46. The Kier molecular flexibility index (Phi) is 6.18. The zero-order valence-electron chi connectivity index (χ0n) is 15.1. The van der Waals surface area contributed by atoms with Crippen molar-refractivity contribution in [3.05, 3.63) is 52.0 Å². The van der Waals surface area contributed by atoms with Gasteiger partial charge in [-0.3, -0.25) is 19.5 Å². The average molecular weight is 386 g/mol. The van der Waals surface area contributed by atoms with Gasteiger partial charge in [0, 0.05) is 19.2 Å². The van der Waals surface area contributed by atoms with Crippen LogP contribution in [0.2, 0.25) is 0 Å². The lowest BCUT2D eigenvalue weighted by atomic mass is 10.0. The smallest absolute Gasteiger partial charge is 0.324 e. The van der Waals surface area contributed by atoms with Crippen molar-refractivity contribution in [3.8, 4) is 0 Å². The number of hydrogen-bond donors (Lipinski definition) is 2. The van der Waals surface area contributed by atoms with Crippen molar-refractivity contribution in [2.24, 2.45) is 0 Å². The van der Waals surface area contributed by atoms with E-state index in [1.165, 1.54) is 0 Å². The van der Waals surface area contributed by atoms with Crippen molar-refractivity contribution in [1.29, 1.82) is 0 Å². The van der Waals surface area contributed by atoms with E-state index in [1.807, 2.05) is 30.5 Å². The van der Waals surface area contributed by atoms with Gasteiger partial charge in [-0.05, 0) is 53.8 Å². The fraction of sp³-hybridized carbons (Fsp3) is 0.368. The summed E-state index contributed by atoms with van der Waals surface area (Å²) in [5.74, 6) is -0.368. The summed E-state index contributed by atoms with van der Waals surface area (Å²) in [4.78, 5) is 41.2. The number of pyridine rings is 1. The van der Waals surface area contributed by atoms with Gasteiger partial charge in [-0.25, -0.2) is 4.79 Å². The van der Waals surface area contributed by atoms with E-state index >= 15 is 0 Å². The molecule has 0 radical (unpaired) electrons. The summed E-state index contributed by atoms with van der Waals surface area (Å²) in [7, 11) is 0. The van der Waals surface area contributed by atoms with Crippen molar-refractivity contribution < 1.29 is 14.4 Å². The molecule has 2 aromatic rings. The first-order valence-electron chi connectivity index (χ1n) is 8.84. The number of hydrogen-bond acceptors (Lipinski definition) is 5. The Hall–Kier alpha value is -2.74. The van der Waals surface area contributed by atoms with Gasteiger partial charge >= 0.3 is 6.03 Å². The van der Waals surface area contributed by atoms with Gasteiger partial charge in [-0.15, -0.1) is 0 Å². The number of urea groups is 1. The van der Waals surface area contributed by atoms with Gasteiger partial charge in [0.25, 0.3) is 0 Å². The second-order valence-electron chi connectivity index (χ2n) is 6.47. The predicted molar refractivity (Wildman–Crippen MR) is 102 cm³/mol. The molecule has 0 saturated carbocycles. The Bertz CT molecular complexity index is 806. The fourth-order valence-electron chi connectivity index (χ4n) is 3.07. The van der Waals surface area contributed by atoms with Crippen LogP contribution in [-0.4, -0.2) is 40.8 Å². The zero-order valence-corrected chi connectivity index (χ0v) is 15.9. The van der Waals surface area contributed by atoms with Crippen LogP contribution in [-0.2, 0) is 16.0 Å². The first-order valence-corrected chi connectivity index (χ1v) is 9.79. The number of imide groups is 1. The van der Waals surface area contributed by atoms with Crippen molar-refractivity contribution in [3.63, 3.8) is 0 Å². The lowest BCUT2D eigenvalue weighted by Gasteiger charge is -2.20. The van der Waals surface area contributed by atoms with Crippen LogP contribution in [0, 0.1) is 6.92 Å². The van der Waals surface area contributed by atoms with E-state index in [9.17, 15) is 14.4 Å². The maximum atomic E-state index is 12.5. The number of nitrogens with zero attached hydrogens (tertiary/aromatic N) is 2. The minimum absolute atomic E-state index is 0.0344. The average Bonchev–Trinajstić information content (AvgIpc) is 3.26. The minimum Gasteiger partial charge on any atom is -0.347 e. The highest BCUT2D eigenvalue weighted by Gasteiger charge is 2.28. The summed E-state index contributed by atoms with van der Waals surface area (Å²) >= 11 is 1.62. The molecule has 1 saturated heterocycles. The van der Waals surface area contributed by atoms with Gasteiger partial charge in [-0.2, -0.15) is 11.3 Å². The molecule has 27 heavy (non-hydrogen) atoms. The molecule has 7 nitrogen and oxygen atoms in total. The molecule has 3 rings (SSSR count). The Balaban J connectivity index is 1.59. The van der Waals surface area contributed by atoms with Crippen LogP contribution >= 0.6 is 11.3 Å². The SMILES string of the molecule is Cc1cccnc1[C@@H](Cc1ccsc1)NC(=O)CCCN1C(=O)CNC1=O. The highest BCUT2D eigenvalue weighted by atomic mass is 32.1. The first kappa shape index (κ1) is 19.0. The van der Waals surface area contributed by atoms with Gasteiger partial charge < -0.3 is 10.6 Å². The molecule has 1 aliphatic rings. The molecule has 3 heterocycles. The molecule has 4 amide bonds. The number of rotatable bonds is 8. The molecule has 2 aromatic heterocycles. The van der Waals surface area contributed by atoms with Crippen LogP contribution < -0.4 is 10.6 Å². The Morgan fingerprint density at radius 3 is 2.93 bits per heavy atom. The van der Waals surface area contributed by atoms with E-state index in [4.69, 9.17) is 0 Å². The minimum atomic E-state index is -0.389. The maximum absolute atomic E-state index is 12.5. The third-order valence-corrected chi connectivity index (χ3v) is 5.19.